The number of phosphoric ester groups is 1. The molecular weight excluding hydrogens is 452 g/mol. The molecule has 0 spiro atoms. The Bertz CT molecular complexity index is 871. The first-order valence-electron chi connectivity index (χ1n) is 9.52. The predicted octanol–water partition coefficient (Wildman–Crippen LogP) is 4.73. The van der Waals surface area contributed by atoms with Crippen molar-refractivity contribution in [3.63, 3.8) is 0 Å². The maximum atomic E-state index is 11.0. The minimum atomic E-state index is -4.62. The van der Waals surface area contributed by atoms with Gasteiger partial charge < -0.3 is 25.0 Å². The number of hydrogen-bond acceptors (Lipinski definition) is 5. The van der Waals surface area contributed by atoms with Gasteiger partial charge in [0.1, 0.15) is 25.2 Å². The van der Waals surface area contributed by atoms with Gasteiger partial charge >= 0.3 is 7.82 Å². The summed E-state index contributed by atoms with van der Waals surface area (Å²) in [5, 5.41) is 0.799. The lowest BCUT2D eigenvalue weighted by Crippen LogP contribution is -2.30. The molecule has 3 rings (SSSR count). The molecule has 30 heavy (non-hydrogen) atoms. The number of rotatable bonds is 9. The molecule has 0 heterocycles. The van der Waals surface area contributed by atoms with E-state index in [1.807, 2.05) is 42.5 Å². The van der Waals surface area contributed by atoms with Gasteiger partial charge in [-0.2, -0.15) is 0 Å². The largest absolute Gasteiger partial charge is 0.490 e. The Balaban J connectivity index is 1.56. The predicted molar refractivity (Wildman–Crippen MR) is 115 cm³/mol. The molecule has 0 radical (unpaired) electrons. The van der Waals surface area contributed by atoms with E-state index < -0.39 is 14.1 Å². The minimum Gasteiger partial charge on any atom is -0.490 e. The molecule has 0 amide bonds. The van der Waals surface area contributed by atoms with E-state index in [1.54, 1.807) is 0 Å². The topological polar surface area (TPSA) is 111 Å². The first kappa shape index (κ1) is 23.4. The normalized spacial score (nSPS) is 20.2. The molecule has 3 unspecified atom stereocenters. The highest BCUT2D eigenvalue weighted by molar-refractivity contribution is 7.46. The number of halogens is 2. The summed E-state index contributed by atoms with van der Waals surface area (Å²) in [4.78, 5) is 17.9. The van der Waals surface area contributed by atoms with Gasteiger partial charge in [0.2, 0.25) is 0 Å². The molecule has 4 N–H and O–H groups in total. The van der Waals surface area contributed by atoms with Gasteiger partial charge in [-0.3, -0.25) is 4.52 Å². The van der Waals surface area contributed by atoms with Crippen molar-refractivity contribution in [2.24, 2.45) is 11.7 Å². The van der Waals surface area contributed by atoms with Crippen LogP contribution in [0, 0.1) is 5.92 Å². The second-order valence-corrected chi connectivity index (χ2v) is 9.16. The molecule has 1 fully saturated rings. The van der Waals surface area contributed by atoms with Crippen molar-refractivity contribution >= 4 is 31.0 Å². The van der Waals surface area contributed by atoms with E-state index >= 15 is 0 Å². The van der Waals surface area contributed by atoms with E-state index in [1.165, 1.54) is 0 Å². The molecule has 2 aromatic rings. The Labute approximate surface area is 185 Å². The number of hydrogen-bond donors (Lipinski definition) is 3. The Morgan fingerprint density at radius 1 is 1.07 bits per heavy atom. The standard InChI is InChI=1S/C20H24Cl2NO6P/c21-17-11-15(13-6-7-14(10-13)20(23)29-30(24,25)26)12-18(22)19(17)28-9-8-27-16-4-2-1-3-5-16/h1-5,11-14,20H,6-10,23H2,(H2,24,25,26). The Morgan fingerprint density at radius 2 is 1.70 bits per heavy atom. The molecule has 7 nitrogen and oxygen atoms in total. The van der Waals surface area contributed by atoms with Crippen LogP contribution in [-0.2, 0) is 9.09 Å². The van der Waals surface area contributed by atoms with Crippen LogP contribution in [0.15, 0.2) is 42.5 Å². The summed E-state index contributed by atoms with van der Waals surface area (Å²) in [6, 6.07) is 13.0. The van der Waals surface area contributed by atoms with Crippen molar-refractivity contribution in [3.8, 4) is 11.5 Å². The van der Waals surface area contributed by atoms with Gasteiger partial charge in [-0.15, -0.1) is 0 Å². The zero-order valence-electron chi connectivity index (χ0n) is 16.1. The van der Waals surface area contributed by atoms with Crippen LogP contribution in [0.4, 0.5) is 0 Å². The molecular formula is C20H24Cl2NO6P. The lowest BCUT2D eigenvalue weighted by atomic mass is 9.96. The highest BCUT2D eigenvalue weighted by Gasteiger charge is 2.34. The smallest absolute Gasteiger partial charge is 0.471 e. The van der Waals surface area contributed by atoms with Crippen molar-refractivity contribution in [1.29, 1.82) is 0 Å². The van der Waals surface area contributed by atoms with Crippen LogP contribution >= 0.6 is 31.0 Å². The van der Waals surface area contributed by atoms with Crippen LogP contribution in [-0.4, -0.2) is 29.2 Å². The van der Waals surface area contributed by atoms with Crippen molar-refractivity contribution in [3.05, 3.63) is 58.1 Å². The minimum absolute atomic E-state index is 0.117. The lowest BCUT2D eigenvalue weighted by Gasteiger charge is -2.20. The van der Waals surface area contributed by atoms with Crippen molar-refractivity contribution in [2.75, 3.05) is 13.2 Å². The van der Waals surface area contributed by atoms with Gasteiger partial charge in [-0.05, 0) is 60.9 Å². The van der Waals surface area contributed by atoms with Crippen molar-refractivity contribution in [2.45, 2.75) is 31.4 Å². The van der Waals surface area contributed by atoms with Crippen molar-refractivity contribution < 1.29 is 28.3 Å². The third-order valence-corrected chi connectivity index (χ3v) is 6.11. The zero-order chi connectivity index (χ0) is 21.7. The van der Waals surface area contributed by atoms with E-state index in [4.69, 9.17) is 48.2 Å². The van der Waals surface area contributed by atoms with Crippen molar-refractivity contribution in [1.82, 2.24) is 0 Å². The Morgan fingerprint density at radius 3 is 2.33 bits per heavy atom. The SMILES string of the molecule is NC(OP(=O)(O)O)C1CCC(c2cc(Cl)c(OCCOc3ccccc3)c(Cl)c2)C1. The maximum Gasteiger partial charge on any atom is 0.471 e. The van der Waals surface area contributed by atoms with E-state index in [2.05, 4.69) is 4.52 Å². The summed E-state index contributed by atoms with van der Waals surface area (Å²) in [5.41, 5.74) is 6.74. The van der Waals surface area contributed by atoms with E-state index in [0.717, 1.165) is 17.7 Å². The van der Waals surface area contributed by atoms with Crippen LogP contribution in [0.1, 0.15) is 30.7 Å². The summed E-state index contributed by atoms with van der Waals surface area (Å²) >= 11 is 12.8. The van der Waals surface area contributed by atoms with Gasteiger partial charge in [-0.25, -0.2) is 4.57 Å². The maximum absolute atomic E-state index is 11.0. The summed E-state index contributed by atoms with van der Waals surface area (Å²) in [7, 11) is -4.62. The summed E-state index contributed by atoms with van der Waals surface area (Å²) < 4.78 is 26.9. The third-order valence-electron chi connectivity index (χ3n) is 5.03. The van der Waals surface area contributed by atoms with Gasteiger partial charge in [0, 0.05) is 0 Å². The fourth-order valence-corrected chi connectivity index (χ4v) is 4.74. The monoisotopic (exact) mass is 475 g/mol. The van der Waals surface area contributed by atoms with E-state index in [9.17, 15) is 4.57 Å². The fraction of sp³-hybridized carbons (Fsp3) is 0.400. The van der Waals surface area contributed by atoms with Gasteiger partial charge in [-0.1, -0.05) is 41.4 Å². The molecule has 1 saturated carbocycles. The Kier molecular flexibility index (Phi) is 8.04. The molecule has 0 bridgehead atoms. The van der Waals surface area contributed by atoms with Crippen LogP contribution in [0.5, 0.6) is 11.5 Å². The molecule has 0 aliphatic heterocycles. The number of para-hydroxylation sites is 1. The third kappa shape index (κ3) is 6.59. The Hall–Kier alpha value is -1.31. The van der Waals surface area contributed by atoms with Crippen LogP contribution < -0.4 is 15.2 Å². The van der Waals surface area contributed by atoms with E-state index in [0.29, 0.717) is 35.2 Å². The molecule has 1 aliphatic carbocycles. The summed E-state index contributed by atoms with van der Waals surface area (Å²) in [6.07, 6.45) is 1.09. The first-order chi connectivity index (χ1) is 14.2. The quantitative estimate of drug-likeness (QED) is 0.273. The number of phosphoric acid groups is 1. The molecule has 164 valence electrons. The molecule has 3 atom stereocenters. The molecule has 10 heteroatoms. The number of benzene rings is 2. The second-order valence-electron chi connectivity index (χ2n) is 7.15. The van der Waals surface area contributed by atoms with Crippen LogP contribution in [0.25, 0.3) is 0 Å². The molecule has 0 aromatic heterocycles. The first-order valence-corrected chi connectivity index (χ1v) is 11.8. The zero-order valence-corrected chi connectivity index (χ0v) is 18.5. The lowest BCUT2D eigenvalue weighted by molar-refractivity contribution is 0.0940. The highest BCUT2D eigenvalue weighted by Crippen LogP contribution is 2.46. The average molecular weight is 476 g/mol. The molecule has 0 saturated heterocycles. The van der Waals surface area contributed by atoms with Crippen LogP contribution in [0.3, 0.4) is 0 Å². The molecule has 2 aromatic carbocycles. The number of nitrogens with two attached hydrogens (primary N) is 1. The average Bonchev–Trinajstić information content (AvgIpc) is 3.17. The molecule has 1 aliphatic rings. The second kappa shape index (κ2) is 10.3. The summed E-state index contributed by atoms with van der Waals surface area (Å²) in [5.74, 6) is 1.11. The van der Waals surface area contributed by atoms with Gasteiger partial charge in [0.15, 0.2) is 5.75 Å². The van der Waals surface area contributed by atoms with Gasteiger partial charge in [0.25, 0.3) is 0 Å². The van der Waals surface area contributed by atoms with E-state index in [-0.39, 0.29) is 18.4 Å². The highest BCUT2D eigenvalue weighted by atomic mass is 35.5. The number of ether oxygens (including phenoxy) is 2. The summed E-state index contributed by atoms with van der Waals surface area (Å²) in [6.45, 7) is 0.633. The van der Waals surface area contributed by atoms with Crippen LogP contribution in [0.2, 0.25) is 10.0 Å². The fourth-order valence-electron chi connectivity index (χ4n) is 3.64. The van der Waals surface area contributed by atoms with Gasteiger partial charge in [0.05, 0.1) is 10.0 Å².